The maximum absolute atomic E-state index is 12.8. The second-order valence-electron chi connectivity index (χ2n) is 4.66. The van der Waals surface area contributed by atoms with Crippen molar-refractivity contribution >= 4 is 27.3 Å². The van der Waals surface area contributed by atoms with E-state index in [-0.39, 0.29) is 11.7 Å². The van der Waals surface area contributed by atoms with Gasteiger partial charge in [0.15, 0.2) is 11.5 Å². The monoisotopic (exact) mass is 339 g/mol. The van der Waals surface area contributed by atoms with Crippen molar-refractivity contribution in [3.05, 3.63) is 47.5 Å². The zero-order valence-corrected chi connectivity index (χ0v) is 13.4. The molecule has 0 N–H and O–H groups in total. The summed E-state index contributed by atoms with van der Waals surface area (Å²) >= 11 is 5.82. The molecule has 22 heavy (non-hydrogen) atoms. The molecule has 0 unspecified atom stereocenters. The summed E-state index contributed by atoms with van der Waals surface area (Å²) in [4.78, 5) is 0.191. The summed E-state index contributed by atoms with van der Waals surface area (Å²) in [5.74, 6) is 1.16. The number of hydrogen-bond donors (Lipinski definition) is 0. The maximum atomic E-state index is 12.8. The maximum Gasteiger partial charge on any atom is 0.264 e. The topological polar surface area (TPSA) is 55.8 Å². The van der Waals surface area contributed by atoms with Crippen LogP contribution in [0.2, 0.25) is 5.02 Å². The lowest BCUT2D eigenvalue weighted by Crippen LogP contribution is -2.30. The molecule has 1 aliphatic rings. The van der Waals surface area contributed by atoms with Crippen LogP contribution in [0.15, 0.2) is 47.4 Å². The molecule has 5 nitrogen and oxygen atoms in total. The van der Waals surface area contributed by atoms with E-state index in [1.54, 1.807) is 37.3 Å². The number of nitrogens with zero attached hydrogens (tertiary/aromatic N) is 1. The highest BCUT2D eigenvalue weighted by Gasteiger charge is 2.25. The third-order valence-electron chi connectivity index (χ3n) is 3.33. The van der Waals surface area contributed by atoms with Crippen LogP contribution in [-0.2, 0) is 10.0 Å². The summed E-state index contributed by atoms with van der Waals surface area (Å²) in [5, 5.41) is 0.491. The quantitative estimate of drug-likeness (QED) is 0.857. The van der Waals surface area contributed by atoms with Crippen LogP contribution >= 0.6 is 11.6 Å². The molecule has 1 heterocycles. The van der Waals surface area contributed by atoms with E-state index < -0.39 is 10.0 Å². The van der Waals surface area contributed by atoms with Crippen molar-refractivity contribution < 1.29 is 17.9 Å². The van der Waals surface area contributed by atoms with Crippen molar-refractivity contribution in [2.24, 2.45) is 0 Å². The third kappa shape index (κ3) is 2.60. The molecule has 1 aliphatic heterocycles. The summed E-state index contributed by atoms with van der Waals surface area (Å²) < 4.78 is 37.4. The number of anilines is 1. The molecule has 2 aromatic rings. The van der Waals surface area contributed by atoms with E-state index in [4.69, 9.17) is 21.1 Å². The Balaban J connectivity index is 2.01. The molecule has 0 aliphatic carbocycles. The Labute approximate surface area is 134 Å². The number of rotatable bonds is 4. The van der Waals surface area contributed by atoms with Crippen LogP contribution in [-0.4, -0.2) is 21.8 Å². The van der Waals surface area contributed by atoms with Gasteiger partial charge in [-0.25, -0.2) is 8.42 Å². The highest BCUT2D eigenvalue weighted by atomic mass is 35.5. The Morgan fingerprint density at radius 1 is 1.09 bits per heavy atom. The Morgan fingerprint density at radius 3 is 2.45 bits per heavy atom. The highest BCUT2D eigenvalue weighted by molar-refractivity contribution is 7.92. The number of halogens is 1. The van der Waals surface area contributed by atoms with E-state index in [0.717, 1.165) is 0 Å². The molecule has 0 bridgehead atoms. The fourth-order valence-corrected chi connectivity index (χ4v) is 3.86. The predicted molar refractivity (Wildman–Crippen MR) is 84.2 cm³/mol. The molecule has 2 aromatic carbocycles. The van der Waals surface area contributed by atoms with Crippen molar-refractivity contribution in [2.45, 2.75) is 11.8 Å². The van der Waals surface area contributed by atoms with Crippen molar-refractivity contribution in [3.8, 4) is 11.5 Å². The molecular formula is C15H14ClNO4S. The summed E-state index contributed by atoms with van der Waals surface area (Å²) in [6.45, 7) is 2.22. The van der Waals surface area contributed by atoms with Crippen LogP contribution in [0.25, 0.3) is 0 Å². The first kappa shape index (κ1) is 15.0. The van der Waals surface area contributed by atoms with Crippen LogP contribution in [0, 0.1) is 0 Å². The Bertz CT molecular complexity index is 790. The first-order valence-electron chi connectivity index (χ1n) is 6.70. The van der Waals surface area contributed by atoms with Crippen LogP contribution < -0.4 is 13.8 Å². The van der Waals surface area contributed by atoms with Crippen molar-refractivity contribution in [1.82, 2.24) is 0 Å². The third-order valence-corrected chi connectivity index (χ3v) is 5.50. The fraction of sp³-hybridized carbons (Fsp3) is 0.200. The van der Waals surface area contributed by atoms with Crippen LogP contribution in [0.1, 0.15) is 6.92 Å². The Kier molecular flexibility index (Phi) is 3.88. The van der Waals surface area contributed by atoms with E-state index >= 15 is 0 Å². The first-order valence-corrected chi connectivity index (χ1v) is 8.52. The second kappa shape index (κ2) is 5.70. The zero-order valence-electron chi connectivity index (χ0n) is 11.8. The van der Waals surface area contributed by atoms with Gasteiger partial charge in [0.05, 0.1) is 10.6 Å². The fourth-order valence-electron chi connectivity index (χ4n) is 2.27. The van der Waals surface area contributed by atoms with Gasteiger partial charge in [-0.15, -0.1) is 0 Å². The van der Waals surface area contributed by atoms with Gasteiger partial charge in [-0.3, -0.25) is 4.31 Å². The molecule has 0 radical (unpaired) electrons. The van der Waals surface area contributed by atoms with Crippen molar-refractivity contribution in [3.63, 3.8) is 0 Å². The Hall–Kier alpha value is -1.92. The van der Waals surface area contributed by atoms with Crippen LogP contribution in [0.4, 0.5) is 5.69 Å². The summed E-state index contributed by atoms with van der Waals surface area (Å²) in [6, 6.07) is 11.2. The SMILES string of the molecule is CCN(c1ccc2c(c1)OCO2)S(=O)(=O)c1ccc(Cl)cc1. The number of sulfonamides is 1. The minimum Gasteiger partial charge on any atom is -0.454 e. The van der Waals surface area contributed by atoms with Gasteiger partial charge in [0.2, 0.25) is 6.79 Å². The van der Waals surface area contributed by atoms with Crippen LogP contribution in [0.5, 0.6) is 11.5 Å². The average Bonchev–Trinajstić information content (AvgIpc) is 2.96. The van der Waals surface area contributed by atoms with E-state index in [1.165, 1.54) is 16.4 Å². The Morgan fingerprint density at radius 2 is 1.77 bits per heavy atom. The largest absolute Gasteiger partial charge is 0.454 e. The summed E-state index contributed by atoms with van der Waals surface area (Å²) in [5.41, 5.74) is 0.529. The predicted octanol–water partition coefficient (Wildman–Crippen LogP) is 3.28. The molecule has 0 aromatic heterocycles. The minimum atomic E-state index is -3.66. The minimum absolute atomic E-state index is 0.148. The number of ether oxygens (including phenoxy) is 2. The molecule has 116 valence electrons. The molecule has 0 saturated carbocycles. The van der Waals surface area contributed by atoms with Gasteiger partial charge in [0, 0.05) is 17.6 Å². The molecular weight excluding hydrogens is 326 g/mol. The smallest absolute Gasteiger partial charge is 0.264 e. The molecule has 3 rings (SSSR count). The molecule has 0 amide bonds. The van der Waals surface area contributed by atoms with Gasteiger partial charge in [-0.2, -0.15) is 0 Å². The molecule has 0 spiro atoms. The average molecular weight is 340 g/mol. The zero-order chi connectivity index (χ0) is 15.7. The lowest BCUT2D eigenvalue weighted by molar-refractivity contribution is 0.174. The van der Waals surface area contributed by atoms with Crippen LogP contribution in [0.3, 0.4) is 0 Å². The first-order chi connectivity index (χ1) is 10.5. The number of hydrogen-bond acceptors (Lipinski definition) is 4. The molecule has 0 fully saturated rings. The molecule has 7 heteroatoms. The summed E-state index contributed by atoms with van der Waals surface area (Å²) in [7, 11) is -3.66. The molecule has 0 atom stereocenters. The van der Waals surface area contributed by atoms with Gasteiger partial charge in [-0.1, -0.05) is 11.6 Å². The molecule has 0 saturated heterocycles. The van der Waals surface area contributed by atoms with E-state index in [1.807, 2.05) is 0 Å². The van der Waals surface area contributed by atoms with Gasteiger partial charge < -0.3 is 9.47 Å². The van der Waals surface area contributed by atoms with Gasteiger partial charge >= 0.3 is 0 Å². The lowest BCUT2D eigenvalue weighted by atomic mass is 10.3. The number of fused-ring (bicyclic) bond motifs is 1. The van der Waals surface area contributed by atoms with Crippen molar-refractivity contribution in [2.75, 3.05) is 17.6 Å². The highest BCUT2D eigenvalue weighted by Crippen LogP contribution is 2.36. The normalized spacial score (nSPS) is 13.2. The van der Waals surface area contributed by atoms with E-state index in [2.05, 4.69) is 0 Å². The van der Waals surface area contributed by atoms with E-state index in [9.17, 15) is 8.42 Å². The number of benzene rings is 2. The second-order valence-corrected chi connectivity index (χ2v) is 6.96. The summed E-state index contributed by atoms with van der Waals surface area (Å²) in [6.07, 6.45) is 0. The van der Waals surface area contributed by atoms with Gasteiger partial charge in [-0.05, 0) is 43.3 Å². The van der Waals surface area contributed by atoms with Gasteiger partial charge in [0.1, 0.15) is 0 Å². The van der Waals surface area contributed by atoms with Gasteiger partial charge in [0.25, 0.3) is 10.0 Å². The van der Waals surface area contributed by atoms with E-state index in [0.29, 0.717) is 28.8 Å². The standard InChI is InChI=1S/C15H14ClNO4S/c1-2-17(12-5-8-14-15(9-12)21-10-20-14)22(18,19)13-6-3-11(16)4-7-13/h3-9H,2,10H2,1H3. The lowest BCUT2D eigenvalue weighted by Gasteiger charge is -2.23. The van der Waals surface area contributed by atoms with Crippen molar-refractivity contribution in [1.29, 1.82) is 0 Å².